The van der Waals surface area contributed by atoms with Gasteiger partial charge in [-0.3, -0.25) is 9.53 Å². The van der Waals surface area contributed by atoms with Gasteiger partial charge in [-0.2, -0.15) is 0 Å². The highest BCUT2D eigenvalue weighted by Gasteiger charge is 2.67. The summed E-state index contributed by atoms with van der Waals surface area (Å²) in [7, 11) is 3.88. The number of carbonyl (C=O) groups is 1. The molecule has 7 N–H and O–H groups in total. The second-order valence-corrected chi connectivity index (χ2v) is 15.6. The lowest BCUT2D eigenvalue weighted by atomic mass is 9.47. The first-order valence-electron chi connectivity index (χ1n) is 17.2. The second kappa shape index (κ2) is 13.8. The molecule has 13 heteroatoms. The van der Waals surface area contributed by atoms with Crippen LogP contribution in [-0.4, -0.2) is 121 Å². The molecule has 12 unspecified atom stereocenters. The van der Waals surface area contributed by atoms with E-state index >= 15 is 0 Å². The highest BCUT2D eigenvalue weighted by molar-refractivity contribution is 5.78. The highest BCUT2D eigenvalue weighted by atomic mass is 19.4. The molecule has 266 valence electrons. The molecule has 0 aromatic heterocycles. The van der Waals surface area contributed by atoms with E-state index in [4.69, 9.17) is 0 Å². The summed E-state index contributed by atoms with van der Waals surface area (Å²) in [6.07, 6.45) is -9.03. The van der Waals surface area contributed by atoms with Crippen molar-refractivity contribution < 1.29 is 58.4 Å². The van der Waals surface area contributed by atoms with Crippen molar-refractivity contribution in [3.63, 3.8) is 0 Å². The van der Waals surface area contributed by atoms with Crippen LogP contribution >= 0.6 is 0 Å². The number of fused-ring (bicyclic) bond motifs is 3. The minimum absolute atomic E-state index is 0.0000429. The van der Waals surface area contributed by atoms with E-state index in [0.29, 0.717) is 38.5 Å². The van der Waals surface area contributed by atoms with Crippen LogP contribution in [0.4, 0.5) is 13.2 Å². The molecular formula is C33H54F3NO9. The molecule has 0 saturated heterocycles. The van der Waals surface area contributed by atoms with E-state index in [-0.39, 0.29) is 67.6 Å². The predicted molar refractivity (Wildman–Crippen MR) is 159 cm³/mol. The topological polar surface area (TPSA) is 171 Å². The van der Waals surface area contributed by atoms with Crippen LogP contribution in [-0.2, 0) is 9.53 Å². The second-order valence-electron chi connectivity index (χ2n) is 15.6. The minimum Gasteiger partial charge on any atom is -0.393 e. The van der Waals surface area contributed by atoms with Crippen molar-refractivity contribution in [2.45, 2.75) is 138 Å². The molecular weight excluding hydrogens is 611 g/mol. The van der Waals surface area contributed by atoms with Crippen LogP contribution in [0.25, 0.3) is 0 Å². The summed E-state index contributed by atoms with van der Waals surface area (Å²) in [6, 6.07) is -0.0203. The largest absolute Gasteiger partial charge is 0.522 e. The lowest BCUT2D eigenvalue weighted by molar-refractivity contribution is -0.345. The Morgan fingerprint density at radius 3 is 2.17 bits per heavy atom. The highest BCUT2D eigenvalue weighted by Crippen LogP contribution is 2.58. The van der Waals surface area contributed by atoms with Gasteiger partial charge in [0.2, 0.25) is 0 Å². The summed E-state index contributed by atoms with van der Waals surface area (Å²) in [5, 5.41) is 79.3. The van der Waals surface area contributed by atoms with Gasteiger partial charge in [0, 0.05) is 36.6 Å². The van der Waals surface area contributed by atoms with Crippen LogP contribution < -0.4 is 0 Å². The molecule has 5 saturated carbocycles. The number of ether oxygens (including phenoxy) is 1. The third-order valence-electron chi connectivity index (χ3n) is 12.8. The van der Waals surface area contributed by atoms with Crippen LogP contribution in [0, 0.1) is 47.3 Å². The van der Waals surface area contributed by atoms with Gasteiger partial charge < -0.3 is 40.6 Å². The number of ketones is 1. The Morgan fingerprint density at radius 2 is 1.59 bits per heavy atom. The van der Waals surface area contributed by atoms with Crippen molar-refractivity contribution in [2.24, 2.45) is 47.3 Å². The fourth-order valence-corrected chi connectivity index (χ4v) is 10.6. The maximum atomic E-state index is 13.0. The number of hydrogen-bond acceptors (Lipinski definition) is 10. The fourth-order valence-electron chi connectivity index (χ4n) is 10.6. The van der Waals surface area contributed by atoms with E-state index in [9.17, 15) is 53.7 Å². The average molecular weight is 666 g/mol. The molecule has 15 atom stereocenters. The number of alkyl halides is 3. The molecule has 0 heterocycles. The lowest BCUT2D eigenvalue weighted by Crippen LogP contribution is -2.74. The Morgan fingerprint density at radius 1 is 0.935 bits per heavy atom. The van der Waals surface area contributed by atoms with E-state index < -0.39 is 78.4 Å². The SMILES string of the molecule is CC(O)C1C(O)C[C@@H]2C[C@@H]3CC4C(C(O)C(CCC(=O)CC5CCC(OC(F)(F)F)CC5)CC4N(C)C)C(O)C3C(O)[C@]2(O)C1O. The van der Waals surface area contributed by atoms with Crippen molar-refractivity contribution in [2.75, 3.05) is 14.1 Å². The number of Topliss-reactive ketones (excluding diaryl/α,β-unsaturated/α-hetero) is 1. The summed E-state index contributed by atoms with van der Waals surface area (Å²) < 4.78 is 41.8. The molecule has 5 aliphatic carbocycles. The molecule has 10 nitrogen and oxygen atoms in total. The van der Waals surface area contributed by atoms with Gasteiger partial charge in [-0.1, -0.05) is 0 Å². The number of carbonyl (C=O) groups excluding carboxylic acids is 1. The predicted octanol–water partition coefficient (Wildman–Crippen LogP) is 1.60. The third kappa shape index (κ3) is 6.92. The van der Waals surface area contributed by atoms with Gasteiger partial charge in [0.1, 0.15) is 11.4 Å². The van der Waals surface area contributed by atoms with Gasteiger partial charge in [-0.25, -0.2) is 0 Å². The lowest BCUT2D eigenvalue weighted by Gasteiger charge is -2.63. The number of rotatable bonds is 8. The molecule has 5 rings (SSSR count). The van der Waals surface area contributed by atoms with Crippen LogP contribution in [0.2, 0.25) is 0 Å². The van der Waals surface area contributed by atoms with Crippen molar-refractivity contribution in [1.29, 1.82) is 0 Å². The number of hydrogen-bond donors (Lipinski definition) is 7. The average Bonchev–Trinajstić information content (AvgIpc) is 2.94. The van der Waals surface area contributed by atoms with Crippen LogP contribution in [0.1, 0.15) is 77.6 Å². The quantitative estimate of drug-likeness (QED) is 0.202. The zero-order valence-electron chi connectivity index (χ0n) is 27.0. The van der Waals surface area contributed by atoms with Crippen molar-refractivity contribution >= 4 is 5.78 Å². The first kappa shape index (κ1) is 36.4. The number of aliphatic hydroxyl groups excluding tert-OH is 6. The van der Waals surface area contributed by atoms with Crippen LogP contribution in [0.15, 0.2) is 0 Å². The maximum absolute atomic E-state index is 13.0. The van der Waals surface area contributed by atoms with Gasteiger partial charge in [0.05, 0.1) is 42.7 Å². The van der Waals surface area contributed by atoms with Gasteiger partial charge in [-0.15, -0.1) is 13.2 Å². The first-order chi connectivity index (χ1) is 21.4. The molecule has 0 amide bonds. The number of aliphatic hydroxyl groups is 7. The molecule has 0 spiro atoms. The van der Waals surface area contributed by atoms with Gasteiger partial charge in [0.25, 0.3) is 0 Å². The minimum atomic E-state index is -4.66. The molecule has 0 radical (unpaired) electrons. The zero-order valence-corrected chi connectivity index (χ0v) is 27.0. The summed E-state index contributed by atoms with van der Waals surface area (Å²) in [6.45, 7) is 1.42. The Labute approximate surface area is 268 Å². The number of nitrogens with zero attached hydrogens (tertiary/aromatic N) is 1. The van der Waals surface area contributed by atoms with Gasteiger partial charge in [0.15, 0.2) is 0 Å². The van der Waals surface area contributed by atoms with E-state index in [2.05, 4.69) is 9.64 Å². The molecule has 0 aromatic carbocycles. The van der Waals surface area contributed by atoms with E-state index in [1.54, 1.807) is 0 Å². The van der Waals surface area contributed by atoms with E-state index in [1.807, 2.05) is 14.1 Å². The molecule has 0 aromatic rings. The van der Waals surface area contributed by atoms with E-state index in [1.165, 1.54) is 6.92 Å². The van der Waals surface area contributed by atoms with Gasteiger partial charge >= 0.3 is 6.36 Å². The van der Waals surface area contributed by atoms with E-state index in [0.717, 1.165) is 0 Å². The summed E-state index contributed by atoms with van der Waals surface area (Å²) in [5.41, 5.74) is -2.04. The van der Waals surface area contributed by atoms with Crippen molar-refractivity contribution in [3.8, 4) is 0 Å². The monoisotopic (exact) mass is 665 g/mol. The molecule has 0 bridgehead atoms. The first-order valence-corrected chi connectivity index (χ1v) is 17.2. The van der Waals surface area contributed by atoms with Crippen molar-refractivity contribution in [1.82, 2.24) is 4.90 Å². The zero-order chi connectivity index (χ0) is 33.9. The summed E-state index contributed by atoms with van der Waals surface area (Å²) in [4.78, 5) is 15.1. The summed E-state index contributed by atoms with van der Waals surface area (Å²) in [5.74, 6) is -3.83. The Hall–Kier alpha value is -0.900. The Balaban J connectivity index is 1.25. The number of halogens is 3. The van der Waals surface area contributed by atoms with Crippen LogP contribution in [0.5, 0.6) is 0 Å². The maximum Gasteiger partial charge on any atom is 0.522 e. The molecule has 46 heavy (non-hydrogen) atoms. The smallest absolute Gasteiger partial charge is 0.393 e. The van der Waals surface area contributed by atoms with Crippen molar-refractivity contribution in [3.05, 3.63) is 0 Å². The molecule has 0 aliphatic heterocycles. The standard InChI is InChI=1S/C33H54F3NO9/c1-15(38)25-24(40)14-19-11-18-12-22-23(37(2)3)13-17(28(41)27(22)29(42)26(18)31(44)32(19,45)30(25)43)6-7-20(39)10-16-4-8-21(9-5-16)46-33(34,35)36/h15-19,21-31,38,40-45H,4-14H2,1-3H3/t15?,16?,17?,18-,19+,21?,22?,23?,24?,25?,26?,27?,28?,29?,30?,31?,32-/m1/s1. The molecule has 5 fully saturated rings. The third-order valence-corrected chi connectivity index (χ3v) is 12.8. The van der Waals surface area contributed by atoms with Crippen LogP contribution in [0.3, 0.4) is 0 Å². The fraction of sp³-hybridized carbons (Fsp3) is 0.970. The Kier molecular flexibility index (Phi) is 10.9. The van der Waals surface area contributed by atoms with Gasteiger partial charge in [-0.05, 0) is 108 Å². The Bertz CT molecular complexity index is 1060. The normalized spacial score (nSPS) is 48.7. The summed E-state index contributed by atoms with van der Waals surface area (Å²) >= 11 is 0. The molecule has 5 aliphatic rings.